The van der Waals surface area contributed by atoms with Crippen LogP contribution in [0.3, 0.4) is 0 Å². The number of carbonyl (C=O) groups excluding carboxylic acids is 2. The van der Waals surface area contributed by atoms with Crippen LogP contribution in [-0.2, 0) is 14.3 Å². The van der Waals surface area contributed by atoms with Gasteiger partial charge < -0.3 is 38.3 Å². The van der Waals surface area contributed by atoms with E-state index in [1.54, 1.807) is 18.2 Å². The summed E-state index contributed by atoms with van der Waals surface area (Å²) >= 11 is 0. The number of aliphatic hydroxyl groups is 1. The lowest BCUT2D eigenvalue weighted by molar-refractivity contribution is -0.136. The second-order valence-corrected chi connectivity index (χ2v) is 7.17. The standard InChI is InChI=1S/C23H22O10/c1-11(24)33-15-8-17-16(31-10-32-17)7-13(15)20(21-14(25)9-30-23(21)26)12-5-18(27-2)22(29-4)19(6-12)28-3/h5-8,20,25H,9-10H2,1-4H3/t20-/m0/s1. The molecule has 0 saturated heterocycles. The molecule has 0 saturated carbocycles. The van der Waals surface area contributed by atoms with Crippen molar-refractivity contribution in [2.24, 2.45) is 0 Å². The van der Waals surface area contributed by atoms with E-state index in [0.717, 1.165) is 0 Å². The fourth-order valence-corrected chi connectivity index (χ4v) is 3.87. The van der Waals surface area contributed by atoms with Crippen LogP contribution in [0.1, 0.15) is 24.0 Å². The number of cyclic esters (lactones) is 1. The van der Waals surface area contributed by atoms with Gasteiger partial charge in [0.2, 0.25) is 12.5 Å². The van der Waals surface area contributed by atoms with Crippen LogP contribution in [-0.4, -0.2) is 51.8 Å². The molecule has 2 aromatic carbocycles. The highest BCUT2D eigenvalue weighted by molar-refractivity contribution is 5.94. The molecule has 2 aliphatic rings. The van der Waals surface area contributed by atoms with Crippen LogP contribution in [0.5, 0.6) is 34.5 Å². The van der Waals surface area contributed by atoms with Crippen LogP contribution in [0, 0.1) is 0 Å². The first-order valence-electron chi connectivity index (χ1n) is 9.88. The Hall–Kier alpha value is -4.08. The Kier molecular flexibility index (Phi) is 5.91. The van der Waals surface area contributed by atoms with Crippen LogP contribution < -0.4 is 28.4 Å². The molecule has 33 heavy (non-hydrogen) atoms. The molecule has 2 aliphatic heterocycles. The first-order valence-corrected chi connectivity index (χ1v) is 9.88. The zero-order valence-electron chi connectivity index (χ0n) is 18.4. The van der Waals surface area contributed by atoms with Gasteiger partial charge in [0, 0.05) is 24.5 Å². The van der Waals surface area contributed by atoms with E-state index in [1.807, 2.05) is 0 Å². The Labute approximate surface area is 189 Å². The molecular weight excluding hydrogens is 436 g/mol. The van der Waals surface area contributed by atoms with Crippen molar-refractivity contribution < 1.29 is 47.9 Å². The molecule has 1 N–H and O–H groups in total. The zero-order chi connectivity index (χ0) is 23.7. The minimum absolute atomic E-state index is 0.0108. The van der Waals surface area contributed by atoms with Crippen LogP contribution >= 0.6 is 0 Å². The van der Waals surface area contributed by atoms with Gasteiger partial charge in [-0.05, 0) is 23.8 Å². The lowest BCUT2D eigenvalue weighted by Crippen LogP contribution is -2.15. The zero-order valence-corrected chi connectivity index (χ0v) is 18.4. The van der Waals surface area contributed by atoms with E-state index in [9.17, 15) is 14.7 Å². The second-order valence-electron chi connectivity index (χ2n) is 7.17. The summed E-state index contributed by atoms with van der Waals surface area (Å²) in [5.41, 5.74) is 0.831. The third-order valence-electron chi connectivity index (χ3n) is 5.25. The molecule has 1 atom stereocenters. The number of hydrogen-bond acceptors (Lipinski definition) is 10. The minimum atomic E-state index is -0.933. The molecule has 0 radical (unpaired) electrons. The number of carbonyl (C=O) groups is 2. The monoisotopic (exact) mass is 458 g/mol. The first-order chi connectivity index (χ1) is 15.9. The number of methoxy groups -OCH3 is 3. The quantitative estimate of drug-likeness (QED) is 0.490. The molecule has 174 valence electrons. The third-order valence-corrected chi connectivity index (χ3v) is 5.25. The number of fused-ring (bicyclic) bond motifs is 1. The van der Waals surface area contributed by atoms with Crippen molar-refractivity contribution in [3.05, 3.63) is 46.7 Å². The Bertz CT molecular complexity index is 1130. The smallest absolute Gasteiger partial charge is 0.338 e. The Balaban J connectivity index is 2.01. The number of hydrogen-bond donors (Lipinski definition) is 1. The summed E-state index contributed by atoms with van der Waals surface area (Å²) in [6.45, 7) is 0.967. The summed E-state index contributed by atoms with van der Waals surface area (Å²) in [5, 5.41) is 10.6. The molecule has 2 aromatic rings. The van der Waals surface area contributed by atoms with Gasteiger partial charge in [-0.15, -0.1) is 0 Å². The van der Waals surface area contributed by atoms with Crippen molar-refractivity contribution in [1.82, 2.24) is 0 Å². The number of rotatable bonds is 7. The van der Waals surface area contributed by atoms with Crippen molar-refractivity contribution in [2.75, 3.05) is 34.7 Å². The first kappa shape index (κ1) is 22.1. The van der Waals surface area contributed by atoms with Crippen LogP contribution in [0.15, 0.2) is 35.6 Å². The van der Waals surface area contributed by atoms with E-state index in [4.69, 9.17) is 33.2 Å². The van der Waals surface area contributed by atoms with Crippen molar-refractivity contribution in [2.45, 2.75) is 12.8 Å². The Morgan fingerprint density at radius 1 is 0.939 bits per heavy atom. The maximum Gasteiger partial charge on any atom is 0.338 e. The van der Waals surface area contributed by atoms with Gasteiger partial charge in [0.25, 0.3) is 0 Å². The van der Waals surface area contributed by atoms with Gasteiger partial charge in [-0.2, -0.15) is 0 Å². The number of benzene rings is 2. The van der Waals surface area contributed by atoms with Crippen LogP contribution in [0.2, 0.25) is 0 Å². The average Bonchev–Trinajstić information content (AvgIpc) is 3.39. The summed E-state index contributed by atoms with van der Waals surface area (Å²) in [7, 11) is 4.39. The molecule has 4 rings (SSSR count). The highest BCUT2D eigenvalue weighted by Crippen LogP contribution is 2.49. The number of ether oxygens (including phenoxy) is 7. The van der Waals surface area contributed by atoms with E-state index in [-0.39, 0.29) is 30.5 Å². The molecule has 0 spiro atoms. The van der Waals surface area contributed by atoms with Gasteiger partial charge in [0.1, 0.15) is 18.1 Å². The Morgan fingerprint density at radius 3 is 2.09 bits per heavy atom. The summed E-state index contributed by atoms with van der Waals surface area (Å²) < 4.78 is 37.7. The fraction of sp³-hybridized carbons (Fsp3) is 0.304. The summed E-state index contributed by atoms with van der Waals surface area (Å²) in [6.07, 6.45) is 0. The molecule has 10 nitrogen and oxygen atoms in total. The number of aliphatic hydroxyl groups excluding tert-OH is 1. The summed E-state index contributed by atoms with van der Waals surface area (Å²) in [4.78, 5) is 24.5. The average molecular weight is 458 g/mol. The van der Waals surface area contributed by atoms with E-state index in [2.05, 4.69) is 0 Å². The van der Waals surface area contributed by atoms with Crippen molar-refractivity contribution in [3.8, 4) is 34.5 Å². The molecule has 0 aliphatic carbocycles. The lowest BCUT2D eigenvalue weighted by atomic mass is 9.83. The van der Waals surface area contributed by atoms with E-state index >= 15 is 0 Å². The molecular formula is C23H22O10. The molecule has 0 bridgehead atoms. The summed E-state index contributed by atoms with van der Waals surface area (Å²) in [5.74, 6) is -0.552. The largest absolute Gasteiger partial charge is 0.508 e. The van der Waals surface area contributed by atoms with Gasteiger partial charge in [0.15, 0.2) is 23.0 Å². The topological polar surface area (TPSA) is 119 Å². The van der Waals surface area contributed by atoms with Crippen molar-refractivity contribution in [3.63, 3.8) is 0 Å². The number of esters is 2. The van der Waals surface area contributed by atoms with Gasteiger partial charge in [-0.3, -0.25) is 4.79 Å². The van der Waals surface area contributed by atoms with Crippen molar-refractivity contribution in [1.29, 1.82) is 0 Å². The third kappa shape index (κ3) is 3.95. The predicted octanol–water partition coefficient (Wildman–Crippen LogP) is 2.87. The molecule has 0 aromatic heterocycles. The maximum atomic E-state index is 12.7. The highest BCUT2D eigenvalue weighted by Gasteiger charge is 2.38. The Morgan fingerprint density at radius 2 is 1.58 bits per heavy atom. The van der Waals surface area contributed by atoms with Crippen molar-refractivity contribution >= 4 is 11.9 Å². The van der Waals surface area contributed by atoms with Gasteiger partial charge in [-0.25, -0.2) is 4.79 Å². The SMILES string of the molecule is COc1cc([C@H](C2=C(O)COC2=O)c2cc3c(cc2OC(C)=O)OCO3)cc(OC)c1OC. The maximum absolute atomic E-state index is 12.7. The molecule has 0 amide bonds. The lowest BCUT2D eigenvalue weighted by Gasteiger charge is -2.23. The van der Waals surface area contributed by atoms with E-state index in [1.165, 1.54) is 34.3 Å². The van der Waals surface area contributed by atoms with Gasteiger partial charge in [-0.1, -0.05) is 0 Å². The normalized spacial score (nSPS) is 15.2. The molecule has 0 unspecified atom stereocenters. The molecule has 2 heterocycles. The van der Waals surface area contributed by atoms with Crippen LogP contribution in [0.4, 0.5) is 0 Å². The van der Waals surface area contributed by atoms with E-state index in [0.29, 0.717) is 39.9 Å². The van der Waals surface area contributed by atoms with Gasteiger partial charge in [0.05, 0.1) is 26.9 Å². The second kappa shape index (κ2) is 8.81. The minimum Gasteiger partial charge on any atom is -0.508 e. The van der Waals surface area contributed by atoms with E-state index < -0.39 is 17.9 Å². The predicted molar refractivity (Wildman–Crippen MR) is 112 cm³/mol. The van der Waals surface area contributed by atoms with Crippen LogP contribution in [0.25, 0.3) is 0 Å². The fourth-order valence-electron chi connectivity index (χ4n) is 3.87. The highest BCUT2D eigenvalue weighted by atomic mass is 16.7. The molecule has 0 fully saturated rings. The van der Waals surface area contributed by atoms with Gasteiger partial charge >= 0.3 is 11.9 Å². The molecule has 10 heteroatoms. The summed E-state index contributed by atoms with van der Waals surface area (Å²) in [6, 6.07) is 6.38.